The third kappa shape index (κ3) is 6.68. The fourth-order valence-electron chi connectivity index (χ4n) is 12.5. The average Bonchev–Trinajstić information content (AvgIpc) is 3.93. The van der Waals surface area contributed by atoms with Gasteiger partial charge < -0.3 is 4.90 Å². The first kappa shape index (κ1) is 43.3. The van der Waals surface area contributed by atoms with Crippen LogP contribution >= 0.6 is 0 Å². The number of anilines is 3. The van der Waals surface area contributed by atoms with Gasteiger partial charge >= 0.3 is 0 Å². The summed E-state index contributed by atoms with van der Waals surface area (Å²) in [5, 5.41) is 20.8. The molecule has 1 heteroatoms. The van der Waals surface area contributed by atoms with Crippen LogP contribution in [0.4, 0.5) is 17.1 Å². The summed E-state index contributed by atoms with van der Waals surface area (Å²) in [5.41, 5.74) is 13.8. The number of rotatable bonds is 6. The van der Waals surface area contributed by atoms with Crippen molar-refractivity contribution in [2.75, 3.05) is 4.90 Å². The van der Waals surface area contributed by atoms with E-state index in [-0.39, 0.29) is 10.8 Å². The summed E-state index contributed by atoms with van der Waals surface area (Å²) in [6.07, 6.45) is 0. The van der Waals surface area contributed by atoms with Gasteiger partial charge in [-0.15, -0.1) is 0 Å². The van der Waals surface area contributed by atoms with Gasteiger partial charge in [-0.3, -0.25) is 0 Å². The van der Waals surface area contributed by atoms with E-state index in [2.05, 4.69) is 271 Å². The molecule has 0 radical (unpaired) electrons. The van der Waals surface area contributed by atoms with Gasteiger partial charge in [0, 0.05) is 17.1 Å². The first-order valence-electron chi connectivity index (χ1n) is 25.9. The van der Waals surface area contributed by atoms with E-state index >= 15 is 0 Å². The van der Waals surface area contributed by atoms with E-state index in [1.807, 2.05) is 0 Å². The van der Waals surface area contributed by atoms with Crippen LogP contribution in [0, 0.1) is 0 Å². The minimum atomic E-state index is 0.0715. The van der Waals surface area contributed by atoms with Gasteiger partial charge in [-0.25, -0.2) is 0 Å². The molecule has 0 aliphatic heterocycles. The Bertz CT molecular complexity index is 4400. The molecule has 0 saturated heterocycles. The van der Waals surface area contributed by atoms with Gasteiger partial charge in [0.05, 0.1) is 0 Å². The van der Waals surface area contributed by atoms with E-state index in [1.54, 1.807) is 0 Å². The maximum absolute atomic E-state index is 2.53. The second-order valence-corrected chi connectivity index (χ2v) is 22.4. The molecule has 14 aromatic carbocycles. The average molecular weight is 934 g/mol. The molecule has 0 heterocycles. The Morgan fingerprint density at radius 3 is 1.36 bits per heavy atom. The van der Waals surface area contributed by atoms with Gasteiger partial charge in [0.25, 0.3) is 0 Å². The molecule has 0 fully saturated rings. The molecule has 348 valence electrons. The normalized spacial score (nSPS) is 12.5. The van der Waals surface area contributed by atoms with Crippen LogP contribution in [0.5, 0.6) is 0 Å². The fourth-order valence-corrected chi connectivity index (χ4v) is 12.5. The van der Waals surface area contributed by atoms with E-state index in [4.69, 9.17) is 0 Å². The molecule has 0 amide bonds. The van der Waals surface area contributed by atoms with Crippen molar-refractivity contribution in [2.45, 2.75) is 52.4 Å². The molecule has 0 bridgehead atoms. The third-order valence-corrected chi connectivity index (χ3v) is 16.0. The van der Waals surface area contributed by atoms with Gasteiger partial charge in [-0.1, -0.05) is 217 Å². The summed E-state index contributed by atoms with van der Waals surface area (Å²) < 4.78 is 0. The fraction of sp³-hybridized carbons (Fsp3) is 0.111. The lowest BCUT2D eigenvalue weighted by atomic mass is 9.84. The number of nitrogens with zero attached hydrogens (tertiary/aromatic N) is 1. The largest absolute Gasteiger partial charge is 0.310 e. The Morgan fingerprint density at radius 2 is 0.726 bits per heavy atom. The SMILES string of the molecule is CC(C)(C)c1ccc(N(c2ccc(C(C)(C)C)cc2)c2ccc3cc(-c4ccc5c6c(-c7ccccc7)c7c(cc8c9ccccc9c9cccc7c98)c(-c7ccccc7)c6c6cccc4c65)ccc3c2)cc1. The second kappa shape index (κ2) is 16.0. The van der Waals surface area contributed by atoms with E-state index in [1.165, 1.54) is 131 Å². The van der Waals surface area contributed by atoms with Gasteiger partial charge in [0.1, 0.15) is 0 Å². The molecule has 0 spiro atoms. The minimum absolute atomic E-state index is 0.0715. The molecule has 73 heavy (non-hydrogen) atoms. The van der Waals surface area contributed by atoms with Crippen molar-refractivity contribution >= 4 is 103 Å². The van der Waals surface area contributed by atoms with Gasteiger partial charge in [-0.05, 0) is 190 Å². The van der Waals surface area contributed by atoms with E-state index in [0.29, 0.717) is 0 Å². The molecule has 0 N–H and O–H groups in total. The standard InChI is InChI=1S/C72H55N/c1-71(2,3)49-30-35-51(36-31-49)73(52-37-32-50(33-38-52)72(4,5)6)53-34-29-46-41-48(28-27-47(46)42-53)54-39-40-61-66-57(54)23-15-26-60(66)69-64(44-17-9-7-10-18-44)63-43-62-56-22-14-13-21-55(56)58-24-16-25-59(67(58)62)68(63)65(70(61)69)45-19-11-8-12-20-45/h7-43H,1-6H3. The quantitative estimate of drug-likeness (QED) is 0.150. The molecule has 0 aliphatic carbocycles. The van der Waals surface area contributed by atoms with Crippen LogP contribution in [0.2, 0.25) is 0 Å². The lowest BCUT2D eigenvalue weighted by Crippen LogP contribution is -2.14. The highest BCUT2D eigenvalue weighted by Crippen LogP contribution is 2.55. The van der Waals surface area contributed by atoms with Crippen molar-refractivity contribution < 1.29 is 0 Å². The lowest BCUT2D eigenvalue weighted by molar-refractivity contribution is 0.590. The Balaban J connectivity index is 0.989. The maximum Gasteiger partial charge on any atom is 0.0468 e. The highest BCUT2D eigenvalue weighted by molar-refractivity contribution is 6.45. The van der Waals surface area contributed by atoms with E-state index in [9.17, 15) is 0 Å². The second-order valence-electron chi connectivity index (χ2n) is 22.4. The predicted octanol–water partition coefficient (Wildman–Crippen LogP) is 20.9. The maximum atomic E-state index is 2.53. The molecule has 0 saturated carbocycles. The molecule has 0 atom stereocenters. The summed E-state index contributed by atoms with van der Waals surface area (Å²) in [6, 6.07) is 84.9. The van der Waals surface area contributed by atoms with E-state index < -0.39 is 0 Å². The monoisotopic (exact) mass is 933 g/mol. The molecule has 0 aromatic heterocycles. The number of benzene rings is 12. The summed E-state index contributed by atoms with van der Waals surface area (Å²) >= 11 is 0. The molecule has 1 nitrogen and oxygen atoms in total. The van der Waals surface area contributed by atoms with Gasteiger partial charge in [-0.2, -0.15) is 0 Å². The Morgan fingerprint density at radius 1 is 0.260 bits per heavy atom. The Labute approximate surface area is 427 Å². The molecule has 14 aromatic rings. The summed E-state index contributed by atoms with van der Waals surface area (Å²) in [4.78, 5) is 2.40. The zero-order valence-corrected chi connectivity index (χ0v) is 42.3. The topological polar surface area (TPSA) is 3.24 Å². The highest BCUT2D eigenvalue weighted by Gasteiger charge is 2.27. The van der Waals surface area contributed by atoms with Crippen molar-refractivity contribution in [3.05, 3.63) is 236 Å². The summed E-state index contributed by atoms with van der Waals surface area (Å²) in [5.74, 6) is 0. The number of hydrogen-bond acceptors (Lipinski definition) is 1. The predicted molar refractivity (Wildman–Crippen MR) is 317 cm³/mol. The van der Waals surface area contributed by atoms with Crippen LogP contribution in [0.15, 0.2) is 224 Å². The van der Waals surface area contributed by atoms with Crippen LogP contribution in [-0.4, -0.2) is 0 Å². The van der Waals surface area contributed by atoms with Crippen molar-refractivity contribution in [2.24, 2.45) is 0 Å². The first-order valence-corrected chi connectivity index (χ1v) is 25.9. The molecule has 0 aliphatic rings. The number of hydrogen-bond donors (Lipinski definition) is 0. The van der Waals surface area contributed by atoms with Crippen molar-refractivity contribution in [3.63, 3.8) is 0 Å². The smallest absolute Gasteiger partial charge is 0.0468 e. The van der Waals surface area contributed by atoms with Crippen LogP contribution in [0.3, 0.4) is 0 Å². The number of fused-ring (bicyclic) bond motifs is 9. The van der Waals surface area contributed by atoms with Gasteiger partial charge in [0.2, 0.25) is 0 Å². The zero-order valence-electron chi connectivity index (χ0n) is 42.3. The lowest BCUT2D eigenvalue weighted by Gasteiger charge is -2.28. The highest BCUT2D eigenvalue weighted by atomic mass is 15.1. The van der Waals surface area contributed by atoms with Crippen LogP contribution in [0.25, 0.3) is 120 Å². The van der Waals surface area contributed by atoms with Crippen LogP contribution in [-0.2, 0) is 10.8 Å². The van der Waals surface area contributed by atoms with E-state index in [0.717, 1.165) is 17.1 Å². The van der Waals surface area contributed by atoms with Crippen molar-refractivity contribution in [1.82, 2.24) is 0 Å². The van der Waals surface area contributed by atoms with Crippen molar-refractivity contribution in [3.8, 4) is 33.4 Å². The molecule has 0 unspecified atom stereocenters. The summed E-state index contributed by atoms with van der Waals surface area (Å²) in [6.45, 7) is 13.7. The van der Waals surface area contributed by atoms with Gasteiger partial charge in [0.15, 0.2) is 0 Å². The molecular formula is C72H55N. The Kier molecular flexibility index (Phi) is 9.48. The summed E-state index contributed by atoms with van der Waals surface area (Å²) in [7, 11) is 0. The van der Waals surface area contributed by atoms with Crippen LogP contribution < -0.4 is 4.90 Å². The third-order valence-electron chi connectivity index (χ3n) is 16.0. The first-order chi connectivity index (χ1) is 35.5. The Hall–Kier alpha value is -8.52. The minimum Gasteiger partial charge on any atom is -0.310 e. The molecular weight excluding hydrogens is 879 g/mol. The zero-order chi connectivity index (χ0) is 49.3. The molecule has 14 rings (SSSR count). The van der Waals surface area contributed by atoms with Crippen LogP contribution in [0.1, 0.15) is 52.7 Å². The van der Waals surface area contributed by atoms with Crippen molar-refractivity contribution in [1.29, 1.82) is 0 Å².